The number of Topliss-reactive ketones (excluding diaryl/α,β-unsaturated/α-hetero) is 1. The number of hydrogen-bond donors (Lipinski definition) is 2. The molecule has 2 N–H and O–H groups in total. The summed E-state index contributed by atoms with van der Waals surface area (Å²) in [6.45, 7) is 5.96. The number of aliphatic hydroxyl groups excluding tert-OH is 1. The van der Waals surface area contributed by atoms with E-state index in [9.17, 15) is 15.2 Å². The van der Waals surface area contributed by atoms with E-state index in [1.165, 1.54) is 0 Å². The first-order valence-electron chi connectivity index (χ1n) is 10.2. The summed E-state index contributed by atoms with van der Waals surface area (Å²) in [5.41, 5.74) is 5.70. The van der Waals surface area contributed by atoms with E-state index in [1.807, 2.05) is 24.1 Å². The fourth-order valence-corrected chi connectivity index (χ4v) is 4.36. The zero-order valence-corrected chi connectivity index (χ0v) is 16.7. The van der Waals surface area contributed by atoms with Crippen molar-refractivity contribution >= 4 is 22.9 Å². The number of rotatable bonds is 3. The number of hydrazone groups is 1. The zero-order chi connectivity index (χ0) is 20.5. The summed E-state index contributed by atoms with van der Waals surface area (Å²) in [7, 11) is 0. The highest BCUT2D eigenvalue weighted by Gasteiger charge is 2.31. The third-order valence-corrected chi connectivity index (χ3v) is 5.90. The van der Waals surface area contributed by atoms with Crippen LogP contribution in [0.3, 0.4) is 0 Å². The van der Waals surface area contributed by atoms with Crippen molar-refractivity contribution in [1.82, 2.24) is 0 Å². The van der Waals surface area contributed by atoms with Crippen LogP contribution in [-0.4, -0.2) is 28.7 Å². The quantitative estimate of drug-likeness (QED) is 0.761. The Morgan fingerprint density at radius 3 is 2.72 bits per heavy atom. The highest BCUT2D eigenvalue weighted by atomic mass is 16.3. The minimum Gasteiger partial charge on any atom is -0.393 e. The molecule has 1 aromatic carbocycles. The highest BCUT2D eigenvalue weighted by Crippen LogP contribution is 2.37. The summed E-state index contributed by atoms with van der Waals surface area (Å²) < 4.78 is 0. The molecular weight excluding hydrogens is 364 g/mol. The second-order valence-corrected chi connectivity index (χ2v) is 8.27. The standard InChI is InChI=1S/C23H26N4O2/c1-14-9-22-20(23(29)10-14)11-15(2)26-27(22)18-6-3-16(13-24)21(12-18)25-17-4-7-19(28)8-5-17/h3,6,12,17,19,25,28H,1,4-5,7-11H2,2H3/t17-,19-. The first kappa shape index (κ1) is 19.4. The van der Waals surface area contributed by atoms with Crippen LogP contribution in [0.4, 0.5) is 11.4 Å². The van der Waals surface area contributed by atoms with Gasteiger partial charge in [0.1, 0.15) is 6.07 Å². The van der Waals surface area contributed by atoms with Gasteiger partial charge in [0.25, 0.3) is 0 Å². The van der Waals surface area contributed by atoms with E-state index in [0.29, 0.717) is 24.8 Å². The number of hydrogen-bond acceptors (Lipinski definition) is 6. The SMILES string of the molecule is C=C1CC(=O)C2=C(C1)N(c1ccc(C#N)c(N[C@H]3CC[C@H](O)CC3)c1)N=C(C)C2. The maximum Gasteiger partial charge on any atom is 0.165 e. The molecule has 1 fully saturated rings. The molecule has 1 aliphatic heterocycles. The monoisotopic (exact) mass is 390 g/mol. The van der Waals surface area contributed by atoms with Gasteiger partial charge in [0.15, 0.2) is 5.78 Å². The molecule has 0 unspecified atom stereocenters. The molecule has 0 bridgehead atoms. The van der Waals surface area contributed by atoms with Crippen molar-refractivity contribution in [3.8, 4) is 6.07 Å². The van der Waals surface area contributed by atoms with E-state index in [0.717, 1.165) is 59.6 Å². The average molecular weight is 390 g/mol. The van der Waals surface area contributed by atoms with E-state index >= 15 is 0 Å². The molecular formula is C23H26N4O2. The van der Waals surface area contributed by atoms with Crippen molar-refractivity contribution in [3.63, 3.8) is 0 Å². The normalized spacial score (nSPS) is 24.7. The van der Waals surface area contributed by atoms with Gasteiger partial charge in [-0.2, -0.15) is 10.4 Å². The number of ketones is 1. The van der Waals surface area contributed by atoms with E-state index in [2.05, 4.69) is 18.0 Å². The maximum absolute atomic E-state index is 12.5. The van der Waals surface area contributed by atoms with Crippen molar-refractivity contribution in [1.29, 1.82) is 5.26 Å². The van der Waals surface area contributed by atoms with Crippen molar-refractivity contribution in [2.75, 3.05) is 10.3 Å². The third kappa shape index (κ3) is 3.96. The summed E-state index contributed by atoms with van der Waals surface area (Å²) in [5, 5.41) is 29.3. The fourth-order valence-electron chi connectivity index (χ4n) is 4.36. The van der Waals surface area contributed by atoms with Gasteiger partial charge in [-0.05, 0) is 50.8 Å². The lowest BCUT2D eigenvalue weighted by Crippen LogP contribution is -2.31. The number of carbonyl (C=O) groups is 1. The van der Waals surface area contributed by atoms with E-state index in [1.54, 1.807) is 6.07 Å². The lowest BCUT2D eigenvalue weighted by Gasteiger charge is -2.33. The van der Waals surface area contributed by atoms with Gasteiger partial charge < -0.3 is 10.4 Å². The predicted molar refractivity (Wildman–Crippen MR) is 114 cm³/mol. The van der Waals surface area contributed by atoms with Gasteiger partial charge in [-0.1, -0.05) is 12.2 Å². The smallest absolute Gasteiger partial charge is 0.165 e. The van der Waals surface area contributed by atoms with E-state index in [4.69, 9.17) is 5.10 Å². The number of nitriles is 1. The molecule has 6 nitrogen and oxygen atoms in total. The van der Waals surface area contributed by atoms with Crippen LogP contribution in [0.5, 0.6) is 0 Å². The summed E-state index contributed by atoms with van der Waals surface area (Å²) in [5.74, 6) is 0.128. The summed E-state index contributed by atoms with van der Waals surface area (Å²) in [6.07, 6.45) is 4.72. The Bertz CT molecular complexity index is 962. The number of nitrogens with one attached hydrogen (secondary N) is 1. The molecule has 6 heteroatoms. The molecule has 4 rings (SSSR count). The molecule has 0 aromatic heterocycles. The molecule has 3 aliphatic rings. The lowest BCUT2D eigenvalue weighted by molar-refractivity contribution is -0.115. The summed E-state index contributed by atoms with van der Waals surface area (Å²) in [4.78, 5) is 12.5. The predicted octanol–water partition coefficient (Wildman–Crippen LogP) is 4.03. The number of carbonyl (C=O) groups excluding carboxylic acids is 1. The molecule has 0 radical (unpaired) electrons. The van der Waals surface area contributed by atoms with Crippen LogP contribution >= 0.6 is 0 Å². The van der Waals surface area contributed by atoms with Gasteiger partial charge in [-0.25, -0.2) is 5.01 Å². The summed E-state index contributed by atoms with van der Waals surface area (Å²) in [6, 6.07) is 8.11. The molecule has 2 aliphatic carbocycles. The topological polar surface area (TPSA) is 88.7 Å². The van der Waals surface area contributed by atoms with Crippen LogP contribution in [-0.2, 0) is 4.79 Å². The van der Waals surface area contributed by atoms with Crippen LogP contribution in [0.15, 0.2) is 46.7 Å². The largest absolute Gasteiger partial charge is 0.393 e. The minimum absolute atomic E-state index is 0.128. The van der Waals surface area contributed by atoms with Gasteiger partial charge >= 0.3 is 0 Å². The molecule has 1 aromatic rings. The molecule has 29 heavy (non-hydrogen) atoms. The van der Waals surface area contributed by atoms with Crippen LogP contribution < -0.4 is 10.3 Å². The number of anilines is 2. The second kappa shape index (κ2) is 7.84. The Kier molecular flexibility index (Phi) is 5.25. The highest BCUT2D eigenvalue weighted by molar-refractivity contribution is 6.05. The summed E-state index contributed by atoms with van der Waals surface area (Å²) >= 11 is 0. The van der Waals surface area contributed by atoms with Crippen molar-refractivity contribution in [2.24, 2.45) is 5.10 Å². The van der Waals surface area contributed by atoms with Gasteiger partial charge in [0, 0.05) is 36.6 Å². The van der Waals surface area contributed by atoms with E-state index < -0.39 is 0 Å². The molecule has 1 saturated carbocycles. The van der Waals surface area contributed by atoms with Crippen LogP contribution in [0.2, 0.25) is 0 Å². The lowest BCUT2D eigenvalue weighted by atomic mass is 9.87. The molecule has 0 saturated heterocycles. The number of benzene rings is 1. The fraction of sp³-hybridized carbons (Fsp3) is 0.435. The van der Waals surface area contributed by atoms with Crippen molar-refractivity contribution in [3.05, 3.63) is 47.2 Å². The second-order valence-electron chi connectivity index (χ2n) is 8.27. The van der Waals surface area contributed by atoms with Crippen LogP contribution in [0.1, 0.15) is 57.4 Å². The van der Waals surface area contributed by atoms with Gasteiger partial charge in [-0.3, -0.25) is 4.79 Å². The molecule has 0 amide bonds. The van der Waals surface area contributed by atoms with Crippen LogP contribution in [0, 0.1) is 11.3 Å². The van der Waals surface area contributed by atoms with Gasteiger partial charge in [0.2, 0.25) is 0 Å². The molecule has 0 atom stereocenters. The van der Waals surface area contributed by atoms with Crippen LogP contribution in [0.25, 0.3) is 0 Å². The maximum atomic E-state index is 12.5. The Morgan fingerprint density at radius 2 is 2.00 bits per heavy atom. The molecule has 150 valence electrons. The Balaban J connectivity index is 1.67. The average Bonchev–Trinajstić information content (AvgIpc) is 2.70. The zero-order valence-electron chi connectivity index (χ0n) is 16.7. The van der Waals surface area contributed by atoms with Gasteiger partial charge in [-0.15, -0.1) is 0 Å². The van der Waals surface area contributed by atoms with Crippen molar-refractivity contribution in [2.45, 2.75) is 64.0 Å². The van der Waals surface area contributed by atoms with Gasteiger partial charge in [0.05, 0.1) is 28.7 Å². The molecule has 1 heterocycles. The number of nitrogens with zero attached hydrogens (tertiary/aromatic N) is 3. The number of aliphatic hydroxyl groups is 1. The first-order valence-corrected chi connectivity index (χ1v) is 10.2. The number of allylic oxidation sites excluding steroid dienone is 2. The van der Waals surface area contributed by atoms with Crippen molar-refractivity contribution < 1.29 is 9.90 Å². The molecule has 0 spiro atoms. The third-order valence-electron chi connectivity index (χ3n) is 5.90. The Hall–Kier alpha value is -2.91. The van der Waals surface area contributed by atoms with E-state index in [-0.39, 0.29) is 17.9 Å². The first-order chi connectivity index (χ1) is 13.9. The minimum atomic E-state index is -0.220. The Labute approximate surface area is 171 Å². The Morgan fingerprint density at radius 1 is 1.24 bits per heavy atom.